The number of carboxylic acids is 1. The van der Waals surface area contributed by atoms with Crippen LogP contribution in [-0.2, 0) is 6.42 Å². The average Bonchev–Trinajstić information content (AvgIpc) is 2.91. The number of aryl methyl sites for hydroxylation is 1. The topological polar surface area (TPSA) is 88.5 Å². The molecule has 20 heavy (non-hydrogen) atoms. The van der Waals surface area contributed by atoms with Gasteiger partial charge in [-0.1, -0.05) is 0 Å². The first-order chi connectivity index (χ1) is 9.56. The number of nitrogens with one attached hydrogen (secondary N) is 1. The molecule has 0 spiro atoms. The van der Waals surface area contributed by atoms with E-state index in [-0.39, 0.29) is 11.6 Å². The van der Waals surface area contributed by atoms with Crippen LogP contribution in [0, 0.1) is 0 Å². The van der Waals surface area contributed by atoms with Crippen molar-refractivity contribution in [3.05, 3.63) is 47.9 Å². The molecule has 0 amide bonds. The zero-order valence-electron chi connectivity index (χ0n) is 11.3. The highest BCUT2D eigenvalue weighted by Gasteiger charge is 2.12. The van der Waals surface area contributed by atoms with Crippen molar-refractivity contribution >= 4 is 17.3 Å². The molecular weight excluding hydrogens is 256 g/mol. The fourth-order valence-corrected chi connectivity index (χ4v) is 2.02. The van der Waals surface area contributed by atoms with Gasteiger partial charge in [0.1, 0.15) is 5.76 Å². The van der Waals surface area contributed by atoms with Crippen LogP contribution in [0.1, 0.15) is 29.5 Å². The highest BCUT2D eigenvalue weighted by Crippen LogP contribution is 2.20. The zero-order valence-corrected chi connectivity index (χ0v) is 11.3. The van der Waals surface area contributed by atoms with Gasteiger partial charge in [0, 0.05) is 23.8 Å². The Hall–Kier alpha value is -2.43. The lowest BCUT2D eigenvalue weighted by Crippen LogP contribution is -2.18. The molecule has 1 atom stereocenters. The van der Waals surface area contributed by atoms with E-state index in [0.717, 1.165) is 18.6 Å². The van der Waals surface area contributed by atoms with Crippen molar-refractivity contribution in [2.24, 2.45) is 0 Å². The summed E-state index contributed by atoms with van der Waals surface area (Å²) in [4.78, 5) is 11.2. The van der Waals surface area contributed by atoms with Crippen LogP contribution in [0.15, 0.2) is 41.0 Å². The van der Waals surface area contributed by atoms with E-state index in [1.807, 2.05) is 19.1 Å². The maximum atomic E-state index is 11.2. The normalized spacial score (nSPS) is 12.1. The van der Waals surface area contributed by atoms with Crippen molar-refractivity contribution < 1.29 is 14.3 Å². The predicted molar refractivity (Wildman–Crippen MR) is 77.9 cm³/mol. The van der Waals surface area contributed by atoms with Gasteiger partial charge in [0.15, 0.2) is 0 Å². The van der Waals surface area contributed by atoms with Crippen LogP contribution in [0.5, 0.6) is 0 Å². The number of nitrogens with two attached hydrogens (primary N) is 1. The molecule has 106 valence electrons. The molecule has 0 aliphatic heterocycles. The molecule has 1 aromatic heterocycles. The Bertz CT molecular complexity index is 579. The molecule has 0 saturated carbocycles. The van der Waals surface area contributed by atoms with E-state index in [9.17, 15) is 9.90 Å². The fraction of sp³-hybridized carbons (Fsp3) is 0.267. The Morgan fingerprint density at radius 1 is 1.45 bits per heavy atom. The summed E-state index contributed by atoms with van der Waals surface area (Å²) in [5.41, 5.74) is 6.83. The van der Waals surface area contributed by atoms with Gasteiger partial charge in [-0.05, 0) is 43.7 Å². The van der Waals surface area contributed by atoms with Gasteiger partial charge in [0.05, 0.1) is 11.8 Å². The van der Waals surface area contributed by atoms with Gasteiger partial charge in [0.2, 0.25) is 0 Å². The van der Waals surface area contributed by atoms with E-state index < -0.39 is 5.97 Å². The minimum atomic E-state index is -0.988. The van der Waals surface area contributed by atoms with Crippen molar-refractivity contribution in [2.75, 3.05) is 11.1 Å². The molecule has 0 saturated heterocycles. The van der Waals surface area contributed by atoms with Gasteiger partial charge < -0.3 is 20.6 Å². The number of carbonyl (C=O) groups is 1. The van der Waals surface area contributed by atoms with E-state index in [2.05, 4.69) is 5.32 Å². The van der Waals surface area contributed by atoms with Gasteiger partial charge in [-0.2, -0.15) is 0 Å². The first kappa shape index (κ1) is 14.0. The van der Waals surface area contributed by atoms with Crippen LogP contribution in [-0.4, -0.2) is 17.1 Å². The largest absolute Gasteiger partial charge is 0.478 e. The SMILES string of the molecule is CC(CCc1ccco1)Nc1ccc(N)cc1C(=O)O. The van der Waals surface area contributed by atoms with Crippen molar-refractivity contribution in [3.8, 4) is 0 Å². The predicted octanol–water partition coefficient (Wildman–Crippen LogP) is 2.99. The van der Waals surface area contributed by atoms with Crippen LogP contribution in [0.3, 0.4) is 0 Å². The van der Waals surface area contributed by atoms with Crippen LogP contribution >= 0.6 is 0 Å². The summed E-state index contributed by atoms with van der Waals surface area (Å²) < 4.78 is 5.27. The number of nitrogen functional groups attached to an aromatic ring is 1. The lowest BCUT2D eigenvalue weighted by Gasteiger charge is -2.16. The standard InChI is InChI=1S/C15H18N2O3/c1-10(4-6-12-3-2-8-20-12)17-14-7-5-11(16)9-13(14)15(18)19/h2-3,5,7-10,17H,4,6,16H2,1H3,(H,18,19). The van der Waals surface area contributed by atoms with Crippen molar-refractivity contribution in [1.29, 1.82) is 0 Å². The monoisotopic (exact) mass is 274 g/mol. The number of aromatic carboxylic acids is 1. The van der Waals surface area contributed by atoms with Crippen molar-refractivity contribution in [3.63, 3.8) is 0 Å². The van der Waals surface area contributed by atoms with E-state index in [1.165, 1.54) is 6.07 Å². The number of furan rings is 1. The summed E-state index contributed by atoms with van der Waals surface area (Å²) in [6, 6.07) is 8.76. The average molecular weight is 274 g/mol. The third kappa shape index (κ3) is 3.54. The smallest absolute Gasteiger partial charge is 0.337 e. The van der Waals surface area contributed by atoms with Gasteiger partial charge in [-0.15, -0.1) is 0 Å². The molecule has 1 unspecified atom stereocenters. The first-order valence-corrected chi connectivity index (χ1v) is 6.48. The lowest BCUT2D eigenvalue weighted by atomic mass is 10.1. The highest BCUT2D eigenvalue weighted by atomic mass is 16.4. The Morgan fingerprint density at radius 3 is 2.90 bits per heavy atom. The minimum Gasteiger partial charge on any atom is -0.478 e. The number of anilines is 2. The van der Waals surface area contributed by atoms with E-state index >= 15 is 0 Å². The van der Waals surface area contributed by atoms with Crippen molar-refractivity contribution in [2.45, 2.75) is 25.8 Å². The summed E-state index contributed by atoms with van der Waals surface area (Å²) in [5.74, 6) is -0.0625. The fourth-order valence-electron chi connectivity index (χ4n) is 2.02. The molecule has 2 rings (SSSR count). The second kappa shape index (κ2) is 6.14. The number of hydrogen-bond donors (Lipinski definition) is 3. The van der Waals surface area contributed by atoms with Crippen molar-refractivity contribution in [1.82, 2.24) is 0 Å². The van der Waals surface area contributed by atoms with Gasteiger partial charge >= 0.3 is 5.97 Å². The summed E-state index contributed by atoms with van der Waals surface area (Å²) in [5, 5.41) is 12.4. The molecule has 0 bridgehead atoms. The summed E-state index contributed by atoms with van der Waals surface area (Å²) in [6.45, 7) is 2.00. The van der Waals surface area contributed by atoms with Crippen LogP contribution in [0.25, 0.3) is 0 Å². The van der Waals surface area contributed by atoms with Crippen LogP contribution in [0.4, 0.5) is 11.4 Å². The number of carboxylic acid groups (broad SMARTS) is 1. The summed E-state index contributed by atoms with van der Waals surface area (Å²) >= 11 is 0. The molecule has 0 aliphatic carbocycles. The lowest BCUT2D eigenvalue weighted by molar-refractivity contribution is 0.0698. The zero-order chi connectivity index (χ0) is 14.5. The highest BCUT2D eigenvalue weighted by molar-refractivity contribution is 5.95. The Labute approximate surface area is 117 Å². The Balaban J connectivity index is 2.00. The molecule has 4 N–H and O–H groups in total. The summed E-state index contributed by atoms with van der Waals surface area (Å²) in [6.07, 6.45) is 3.30. The van der Waals surface area contributed by atoms with Gasteiger partial charge in [-0.3, -0.25) is 0 Å². The molecule has 0 aliphatic rings. The molecule has 1 aromatic carbocycles. The van der Waals surface area contributed by atoms with E-state index in [0.29, 0.717) is 11.4 Å². The molecule has 1 heterocycles. The second-order valence-electron chi connectivity index (χ2n) is 4.77. The molecule has 2 aromatic rings. The number of rotatable bonds is 6. The number of benzene rings is 1. The van der Waals surface area contributed by atoms with E-state index in [4.69, 9.17) is 10.2 Å². The maximum Gasteiger partial charge on any atom is 0.337 e. The molecular formula is C15H18N2O3. The molecule has 5 nitrogen and oxygen atoms in total. The van der Waals surface area contributed by atoms with Crippen LogP contribution < -0.4 is 11.1 Å². The third-order valence-electron chi connectivity index (χ3n) is 3.08. The minimum absolute atomic E-state index is 0.127. The Morgan fingerprint density at radius 2 is 2.25 bits per heavy atom. The van der Waals surface area contributed by atoms with Crippen LogP contribution in [0.2, 0.25) is 0 Å². The number of hydrogen-bond acceptors (Lipinski definition) is 4. The summed E-state index contributed by atoms with van der Waals surface area (Å²) in [7, 11) is 0. The molecule has 0 fully saturated rings. The van der Waals surface area contributed by atoms with Gasteiger partial charge in [0.25, 0.3) is 0 Å². The second-order valence-corrected chi connectivity index (χ2v) is 4.77. The first-order valence-electron chi connectivity index (χ1n) is 6.48. The van der Waals surface area contributed by atoms with Gasteiger partial charge in [-0.25, -0.2) is 4.79 Å². The quantitative estimate of drug-likeness (QED) is 0.705. The maximum absolute atomic E-state index is 11.2. The molecule has 5 heteroatoms. The molecule has 0 radical (unpaired) electrons. The third-order valence-corrected chi connectivity index (χ3v) is 3.08. The van der Waals surface area contributed by atoms with E-state index in [1.54, 1.807) is 18.4 Å². The Kier molecular flexibility index (Phi) is 4.30.